The molecule has 2 rings (SSSR count). The van der Waals surface area contributed by atoms with Gasteiger partial charge in [0.25, 0.3) is 0 Å². The number of amides is 1. The van der Waals surface area contributed by atoms with E-state index in [4.69, 9.17) is 0 Å². The molecule has 1 aromatic carbocycles. The van der Waals surface area contributed by atoms with Crippen LogP contribution in [0.2, 0.25) is 0 Å². The zero-order valence-corrected chi connectivity index (χ0v) is 13.3. The van der Waals surface area contributed by atoms with Crippen molar-refractivity contribution in [3.05, 3.63) is 29.3 Å². The normalized spacial score (nSPS) is 16.0. The van der Waals surface area contributed by atoms with E-state index in [0.29, 0.717) is 16.9 Å². The second-order valence-electron chi connectivity index (χ2n) is 5.26. The van der Waals surface area contributed by atoms with Gasteiger partial charge in [-0.3, -0.25) is 4.79 Å². The summed E-state index contributed by atoms with van der Waals surface area (Å²) >= 11 is 3.60. The first-order valence-electron chi connectivity index (χ1n) is 6.97. The molecule has 1 unspecified atom stereocenters. The SMILES string of the molecule is CCCC(Br)Cc1ccc2c(c1)CCN2C(=O)C(F)(F)F. The van der Waals surface area contributed by atoms with Gasteiger partial charge >= 0.3 is 12.1 Å². The van der Waals surface area contributed by atoms with E-state index in [0.717, 1.165) is 35.3 Å². The first-order valence-corrected chi connectivity index (χ1v) is 7.89. The van der Waals surface area contributed by atoms with Crippen LogP contribution in [0.25, 0.3) is 0 Å². The monoisotopic (exact) mass is 363 g/mol. The van der Waals surface area contributed by atoms with Gasteiger partial charge in [0, 0.05) is 17.1 Å². The summed E-state index contributed by atoms with van der Waals surface area (Å²) in [5, 5.41) is 0. The number of carbonyl (C=O) groups is 1. The molecule has 2 nitrogen and oxygen atoms in total. The highest BCUT2D eigenvalue weighted by Crippen LogP contribution is 2.33. The van der Waals surface area contributed by atoms with Gasteiger partial charge in [-0.2, -0.15) is 13.2 Å². The molecule has 116 valence electrons. The number of fused-ring (bicyclic) bond motifs is 1. The molecule has 1 atom stereocenters. The minimum Gasteiger partial charge on any atom is -0.304 e. The third kappa shape index (κ3) is 3.78. The van der Waals surface area contributed by atoms with Gasteiger partial charge in [-0.15, -0.1) is 0 Å². The van der Waals surface area contributed by atoms with E-state index in [2.05, 4.69) is 22.9 Å². The van der Waals surface area contributed by atoms with Gasteiger partial charge < -0.3 is 4.90 Å². The maximum Gasteiger partial charge on any atom is 0.471 e. The number of alkyl halides is 4. The Labute approximate surface area is 130 Å². The molecule has 6 heteroatoms. The molecule has 0 bridgehead atoms. The van der Waals surface area contributed by atoms with Crippen LogP contribution < -0.4 is 4.90 Å². The molecular formula is C15H17BrF3NO. The van der Waals surface area contributed by atoms with Gasteiger partial charge in [-0.25, -0.2) is 0 Å². The lowest BCUT2D eigenvalue weighted by Gasteiger charge is -2.19. The Kier molecular flexibility index (Phi) is 4.96. The summed E-state index contributed by atoms with van der Waals surface area (Å²) in [6.07, 6.45) is -1.37. The predicted octanol–water partition coefficient (Wildman–Crippen LogP) is 4.24. The van der Waals surface area contributed by atoms with Gasteiger partial charge in [0.15, 0.2) is 0 Å². The summed E-state index contributed by atoms with van der Waals surface area (Å²) in [6, 6.07) is 5.36. The number of rotatable bonds is 4. The second kappa shape index (κ2) is 6.38. The Morgan fingerprint density at radius 1 is 1.43 bits per heavy atom. The fraction of sp³-hybridized carbons (Fsp3) is 0.533. The van der Waals surface area contributed by atoms with Gasteiger partial charge in [-0.1, -0.05) is 41.4 Å². The summed E-state index contributed by atoms with van der Waals surface area (Å²) in [7, 11) is 0. The molecule has 1 heterocycles. The Bertz CT molecular complexity index is 530. The second-order valence-corrected chi connectivity index (χ2v) is 6.55. The molecule has 0 aromatic heterocycles. The van der Waals surface area contributed by atoms with Crippen LogP contribution in [0.4, 0.5) is 18.9 Å². The zero-order valence-electron chi connectivity index (χ0n) is 11.7. The fourth-order valence-corrected chi connectivity index (χ4v) is 3.45. The lowest BCUT2D eigenvalue weighted by molar-refractivity contribution is -0.170. The van der Waals surface area contributed by atoms with Crippen LogP contribution in [-0.4, -0.2) is 23.5 Å². The Morgan fingerprint density at radius 2 is 2.14 bits per heavy atom. The van der Waals surface area contributed by atoms with Crippen molar-refractivity contribution in [3.63, 3.8) is 0 Å². The van der Waals surface area contributed by atoms with E-state index in [-0.39, 0.29) is 6.54 Å². The molecule has 0 fully saturated rings. The summed E-state index contributed by atoms with van der Waals surface area (Å²) < 4.78 is 37.6. The molecule has 0 N–H and O–H groups in total. The Balaban J connectivity index is 2.15. The molecular weight excluding hydrogens is 347 g/mol. The topological polar surface area (TPSA) is 20.3 Å². The number of halogens is 4. The number of hydrogen-bond acceptors (Lipinski definition) is 1. The smallest absolute Gasteiger partial charge is 0.304 e. The fourth-order valence-electron chi connectivity index (χ4n) is 2.62. The van der Waals surface area contributed by atoms with Crippen molar-refractivity contribution in [1.82, 2.24) is 0 Å². The first kappa shape index (κ1) is 16.3. The van der Waals surface area contributed by atoms with Crippen LogP contribution in [0.1, 0.15) is 30.9 Å². The molecule has 1 aliphatic rings. The lowest BCUT2D eigenvalue weighted by Crippen LogP contribution is -2.40. The summed E-state index contributed by atoms with van der Waals surface area (Å²) in [6.45, 7) is 2.21. The van der Waals surface area contributed by atoms with Crippen molar-refractivity contribution >= 4 is 27.5 Å². The summed E-state index contributed by atoms with van der Waals surface area (Å²) in [5.74, 6) is -1.78. The lowest BCUT2D eigenvalue weighted by atomic mass is 10.0. The quantitative estimate of drug-likeness (QED) is 0.732. The largest absolute Gasteiger partial charge is 0.471 e. The van der Waals surface area contributed by atoms with Crippen molar-refractivity contribution in [3.8, 4) is 0 Å². The first-order chi connectivity index (χ1) is 9.82. The van der Waals surface area contributed by atoms with Gasteiger partial charge in [0.2, 0.25) is 0 Å². The number of anilines is 1. The highest BCUT2D eigenvalue weighted by Gasteiger charge is 2.44. The van der Waals surface area contributed by atoms with E-state index in [1.54, 1.807) is 6.07 Å². The minimum absolute atomic E-state index is 0.101. The van der Waals surface area contributed by atoms with Crippen LogP contribution in [0, 0.1) is 0 Å². The molecule has 0 saturated heterocycles. The zero-order chi connectivity index (χ0) is 15.6. The third-order valence-electron chi connectivity index (χ3n) is 3.59. The maximum atomic E-state index is 12.5. The maximum absolute atomic E-state index is 12.5. The molecule has 1 amide bonds. The van der Waals surface area contributed by atoms with Crippen LogP contribution >= 0.6 is 15.9 Å². The van der Waals surface area contributed by atoms with Crippen molar-refractivity contribution in [1.29, 1.82) is 0 Å². The average molecular weight is 364 g/mol. The van der Waals surface area contributed by atoms with Crippen LogP contribution in [0.15, 0.2) is 18.2 Å². The molecule has 21 heavy (non-hydrogen) atoms. The Morgan fingerprint density at radius 3 is 2.76 bits per heavy atom. The molecule has 1 aromatic rings. The van der Waals surface area contributed by atoms with E-state index in [1.165, 1.54) is 0 Å². The van der Waals surface area contributed by atoms with Crippen molar-refractivity contribution < 1.29 is 18.0 Å². The highest BCUT2D eigenvalue weighted by atomic mass is 79.9. The van der Waals surface area contributed by atoms with Crippen molar-refractivity contribution in [2.75, 3.05) is 11.4 Å². The van der Waals surface area contributed by atoms with Crippen molar-refractivity contribution in [2.45, 2.75) is 43.6 Å². The molecule has 1 aliphatic heterocycles. The van der Waals surface area contributed by atoms with Crippen LogP contribution in [0.5, 0.6) is 0 Å². The molecule has 0 spiro atoms. The highest BCUT2D eigenvalue weighted by molar-refractivity contribution is 9.09. The van der Waals surface area contributed by atoms with E-state index < -0.39 is 12.1 Å². The standard InChI is InChI=1S/C15H17BrF3NO/c1-2-3-12(16)9-10-4-5-13-11(8-10)6-7-20(13)14(21)15(17,18)19/h4-5,8,12H,2-3,6-7,9H2,1H3. The van der Waals surface area contributed by atoms with Gasteiger partial charge in [0.1, 0.15) is 0 Å². The summed E-state index contributed by atoms with van der Waals surface area (Å²) in [5.41, 5.74) is 2.30. The molecule has 0 aliphatic carbocycles. The van der Waals surface area contributed by atoms with E-state index >= 15 is 0 Å². The predicted molar refractivity (Wildman–Crippen MR) is 79.9 cm³/mol. The number of benzene rings is 1. The molecule has 0 saturated carbocycles. The molecule has 0 radical (unpaired) electrons. The van der Waals surface area contributed by atoms with E-state index in [1.807, 2.05) is 12.1 Å². The summed E-state index contributed by atoms with van der Waals surface area (Å²) in [4.78, 5) is 12.6. The minimum atomic E-state index is -4.82. The number of hydrogen-bond donors (Lipinski definition) is 0. The Hall–Kier alpha value is -1.04. The van der Waals surface area contributed by atoms with Crippen LogP contribution in [0.3, 0.4) is 0 Å². The van der Waals surface area contributed by atoms with E-state index in [9.17, 15) is 18.0 Å². The average Bonchev–Trinajstić information content (AvgIpc) is 2.79. The van der Waals surface area contributed by atoms with Crippen LogP contribution in [-0.2, 0) is 17.6 Å². The van der Waals surface area contributed by atoms with Crippen molar-refractivity contribution in [2.24, 2.45) is 0 Å². The third-order valence-corrected chi connectivity index (χ3v) is 4.37. The van der Waals surface area contributed by atoms with Gasteiger partial charge in [-0.05, 0) is 36.5 Å². The van der Waals surface area contributed by atoms with Gasteiger partial charge in [0.05, 0.1) is 0 Å². The number of nitrogens with zero attached hydrogens (tertiary/aromatic N) is 1. The number of carbonyl (C=O) groups excluding carboxylic acids is 1.